The van der Waals surface area contributed by atoms with E-state index in [4.69, 9.17) is 11.6 Å². The normalized spacial score (nSPS) is 10.5. The number of halogens is 4. The first-order chi connectivity index (χ1) is 8.97. The Kier molecular flexibility index (Phi) is 3.90. The van der Waals surface area contributed by atoms with Crippen LogP contribution in [0.3, 0.4) is 0 Å². The zero-order chi connectivity index (χ0) is 14.0. The number of hydrogen-bond acceptors (Lipinski definition) is 1. The molecule has 0 aromatic heterocycles. The molecular formula is C14H8ClF3O. The molecular weight excluding hydrogens is 277 g/mol. The highest BCUT2D eigenvalue weighted by atomic mass is 35.5. The van der Waals surface area contributed by atoms with E-state index < -0.39 is 29.7 Å². The molecule has 0 atom stereocenters. The van der Waals surface area contributed by atoms with Crippen LogP contribution < -0.4 is 0 Å². The highest BCUT2D eigenvalue weighted by Crippen LogP contribution is 2.18. The lowest BCUT2D eigenvalue weighted by atomic mass is 10.0. The van der Waals surface area contributed by atoms with Crippen molar-refractivity contribution in [3.8, 4) is 0 Å². The molecule has 0 heterocycles. The molecule has 0 fully saturated rings. The second-order valence-corrected chi connectivity index (χ2v) is 4.40. The first-order valence-corrected chi connectivity index (χ1v) is 5.77. The maximum atomic E-state index is 13.5. The van der Waals surface area contributed by atoms with Gasteiger partial charge in [0.05, 0.1) is 5.56 Å². The number of ketones is 1. The third-order valence-corrected chi connectivity index (χ3v) is 2.83. The van der Waals surface area contributed by atoms with Crippen molar-refractivity contribution < 1.29 is 18.0 Å². The Morgan fingerprint density at radius 2 is 1.74 bits per heavy atom. The molecule has 2 rings (SSSR count). The molecule has 5 heteroatoms. The second kappa shape index (κ2) is 5.45. The molecule has 0 N–H and O–H groups in total. The number of carbonyl (C=O) groups excluding carboxylic acids is 1. The summed E-state index contributed by atoms with van der Waals surface area (Å²) >= 11 is 5.57. The van der Waals surface area contributed by atoms with Gasteiger partial charge in [-0.25, -0.2) is 13.2 Å². The molecule has 2 aromatic carbocycles. The number of rotatable bonds is 3. The molecule has 0 amide bonds. The van der Waals surface area contributed by atoms with Crippen LogP contribution >= 0.6 is 11.6 Å². The zero-order valence-electron chi connectivity index (χ0n) is 9.59. The third kappa shape index (κ3) is 3.15. The topological polar surface area (TPSA) is 17.1 Å². The van der Waals surface area contributed by atoms with Gasteiger partial charge in [-0.2, -0.15) is 0 Å². The molecule has 19 heavy (non-hydrogen) atoms. The van der Waals surface area contributed by atoms with Crippen molar-refractivity contribution in [2.75, 3.05) is 0 Å². The van der Waals surface area contributed by atoms with Crippen LogP contribution in [0.15, 0.2) is 36.4 Å². The standard InChI is InChI=1S/C14H8ClF3O/c15-9-1-3-11(13(18)7-9)14(19)6-8-5-10(16)2-4-12(8)17/h1-5,7H,6H2. The average molecular weight is 285 g/mol. The van der Waals surface area contributed by atoms with Gasteiger partial charge in [-0.3, -0.25) is 4.79 Å². The van der Waals surface area contributed by atoms with E-state index >= 15 is 0 Å². The van der Waals surface area contributed by atoms with E-state index in [1.54, 1.807) is 0 Å². The molecule has 2 aromatic rings. The Balaban J connectivity index is 2.28. The minimum atomic E-state index is -0.783. The van der Waals surface area contributed by atoms with Crippen LogP contribution in [0.4, 0.5) is 13.2 Å². The van der Waals surface area contributed by atoms with E-state index in [0.717, 1.165) is 24.3 Å². The van der Waals surface area contributed by atoms with Crippen LogP contribution in [0.2, 0.25) is 5.02 Å². The van der Waals surface area contributed by atoms with Crippen LogP contribution in [0.5, 0.6) is 0 Å². The van der Waals surface area contributed by atoms with Gasteiger partial charge in [0, 0.05) is 11.4 Å². The predicted molar refractivity (Wildman–Crippen MR) is 65.8 cm³/mol. The van der Waals surface area contributed by atoms with Crippen LogP contribution in [-0.2, 0) is 6.42 Å². The van der Waals surface area contributed by atoms with E-state index in [1.807, 2.05) is 0 Å². The van der Waals surface area contributed by atoms with E-state index in [9.17, 15) is 18.0 Å². The van der Waals surface area contributed by atoms with E-state index in [1.165, 1.54) is 12.1 Å². The van der Waals surface area contributed by atoms with Crippen molar-refractivity contribution in [2.45, 2.75) is 6.42 Å². The Labute approximate surface area is 112 Å². The number of benzene rings is 2. The van der Waals surface area contributed by atoms with Gasteiger partial charge in [-0.1, -0.05) is 11.6 Å². The first kappa shape index (κ1) is 13.6. The Morgan fingerprint density at radius 1 is 1.00 bits per heavy atom. The van der Waals surface area contributed by atoms with Crippen molar-refractivity contribution in [2.24, 2.45) is 0 Å². The fourth-order valence-corrected chi connectivity index (χ4v) is 1.82. The second-order valence-electron chi connectivity index (χ2n) is 3.96. The van der Waals surface area contributed by atoms with Crippen LogP contribution in [0.1, 0.15) is 15.9 Å². The lowest BCUT2D eigenvalue weighted by Gasteiger charge is -2.05. The molecule has 98 valence electrons. The maximum absolute atomic E-state index is 13.5. The predicted octanol–water partition coefficient (Wildman–Crippen LogP) is 4.18. The highest BCUT2D eigenvalue weighted by Gasteiger charge is 2.15. The summed E-state index contributed by atoms with van der Waals surface area (Å²) in [7, 11) is 0. The Bertz CT molecular complexity index is 641. The van der Waals surface area contributed by atoms with Gasteiger partial charge < -0.3 is 0 Å². The summed E-state index contributed by atoms with van der Waals surface area (Å²) in [5.74, 6) is -2.78. The molecule has 0 unspecified atom stereocenters. The monoisotopic (exact) mass is 284 g/mol. The van der Waals surface area contributed by atoms with Gasteiger partial charge in [-0.05, 0) is 42.0 Å². The van der Waals surface area contributed by atoms with E-state index in [-0.39, 0.29) is 16.1 Å². The molecule has 0 aliphatic heterocycles. The van der Waals surface area contributed by atoms with Crippen LogP contribution in [-0.4, -0.2) is 5.78 Å². The quantitative estimate of drug-likeness (QED) is 0.773. The van der Waals surface area contributed by atoms with Crippen molar-refractivity contribution in [1.82, 2.24) is 0 Å². The van der Waals surface area contributed by atoms with E-state index in [0.29, 0.717) is 0 Å². The molecule has 0 aliphatic carbocycles. The largest absolute Gasteiger partial charge is 0.294 e. The molecule has 0 saturated heterocycles. The summed E-state index contributed by atoms with van der Waals surface area (Å²) in [6, 6.07) is 6.37. The molecule has 0 spiro atoms. The van der Waals surface area contributed by atoms with Crippen LogP contribution in [0.25, 0.3) is 0 Å². The fraction of sp³-hybridized carbons (Fsp3) is 0.0714. The Morgan fingerprint density at radius 3 is 2.42 bits per heavy atom. The zero-order valence-corrected chi connectivity index (χ0v) is 10.3. The highest BCUT2D eigenvalue weighted by molar-refractivity contribution is 6.30. The number of carbonyl (C=O) groups is 1. The summed E-state index contributed by atoms with van der Waals surface area (Å²) in [5.41, 5.74) is -0.313. The summed E-state index contributed by atoms with van der Waals surface area (Å²) in [6.45, 7) is 0. The van der Waals surface area contributed by atoms with Crippen LogP contribution in [0, 0.1) is 17.5 Å². The summed E-state index contributed by atoms with van der Waals surface area (Å²) in [6.07, 6.45) is -0.415. The first-order valence-electron chi connectivity index (χ1n) is 5.39. The molecule has 0 radical (unpaired) electrons. The minimum absolute atomic E-state index is 0.112. The maximum Gasteiger partial charge on any atom is 0.170 e. The van der Waals surface area contributed by atoms with Gasteiger partial charge in [-0.15, -0.1) is 0 Å². The lowest BCUT2D eigenvalue weighted by Crippen LogP contribution is -2.07. The van der Waals surface area contributed by atoms with Gasteiger partial charge >= 0.3 is 0 Å². The van der Waals surface area contributed by atoms with Gasteiger partial charge in [0.1, 0.15) is 17.5 Å². The third-order valence-electron chi connectivity index (χ3n) is 2.59. The molecule has 0 aliphatic rings. The fourth-order valence-electron chi connectivity index (χ4n) is 1.66. The van der Waals surface area contributed by atoms with Gasteiger partial charge in [0.25, 0.3) is 0 Å². The SMILES string of the molecule is O=C(Cc1cc(F)ccc1F)c1ccc(Cl)cc1F. The van der Waals surface area contributed by atoms with Crippen molar-refractivity contribution in [3.05, 3.63) is 70.0 Å². The lowest BCUT2D eigenvalue weighted by molar-refractivity contribution is 0.0988. The number of hydrogen-bond donors (Lipinski definition) is 0. The van der Waals surface area contributed by atoms with Crippen molar-refractivity contribution in [1.29, 1.82) is 0 Å². The summed E-state index contributed by atoms with van der Waals surface area (Å²) < 4.78 is 39.8. The van der Waals surface area contributed by atoms with E-state index in [2.05, 4.69) is 0 Å². The Hall–Kier alpha value is -1.81. The molecule has 0 saturated carbocycles. The van der Waals surface area contributed by atoms with Crippen molar-refractivity contribution >= 4 is 17.4 Å². The van der Waals surface area contributed by atoms with Gasteiger partial charge in [0.15, 0.2) is 5.78 Å². The van der Waals surface area contributed by atoms with Gasteiger partial charge in [0.2, 0.25) is 0 Å². The number of Topliss-reactive ketones (excluding diaryl/α,β-unsaturated/α-hetero) is 1. The molecule has 0 bridgehead atoms. The average Bonchev–Trinajstić information content (AvgIpc) is 2.33. The van der Waals surface area contributed by atoms with Crippen molar-refractivity contribution in [3.63, 3.8) is 0 Å². The summed E-state index contributed by atoms with van der Waals surface area (Å²) in [5, 5.41) is 0.158. The summed E-state index contributed by atoms with van der Waals surface area (Å²) in [4.78, 5) is 11.8. The smallest absolute Gasteiger partial charge is 0.170 e. The molecule has 1 nitrogen and oxygen atoms in total. The minimum Gasteiger partial charge on any atom is -0.294 e.